The Morgan fingerprint density at radius 1 is 1.47 bits per heavy atom. The molecule has 3 nitrogen and oxygen atoms in total. The molecule has 0 aliphatic heterocycles. The summed E-state index contributed by atoms with van der Waals surface area (Å²) in [6, 6.07) is 5.86. The highest BCUT2D eigenvalue weighted by Crippen LogP contribution is 2.23. The van der Waals surface area contributed by atoms with Gasteiger partial charge in [0.1, 0.15) is 12.4 Å². The molecule has 0 fully saturated rings. The van der Waals surface area contributed by atoms with Crippen molar-refractivity contribution >= 4 is 22.6 Å². The Kier molecular flexibility index (Phi) is 2.67. The molecule has 15 heavy (non-hydrogen) atoms. The van der Waals surface area contributed by atoms with Crippen LogP contribution in [0.4, 0.5) is 0 Å². The average Bonchev–Trinajstić information content (AvgIpc) is 2.54. The first-order valence-corrected chi connectivity index (χ1v) is 5.28. The summed E-state index contributed by atoms with van der Waals surface area (Å²) in [6.07, 6.45) is 0. The maximum absolute atomic E-state index is 9.22. The van der Waals surface area contributed by atoms with E-state index in [1.807, 2.05) is 22.8 Å². The van der Waals surface area contributed by atoms with E-state index in [0.717, 1.165) is 11.0 Å². The molecule has 0 atom stereocenters. The van der Waals surface area contributed by atoms with Gasteiger partial charge in [0.2, 0.25) is 0 Å². The molecule has 0 unspecified atom stereocenters. The zero-order valence-electron chi connectivity index (χ0n) is 8.74. The minimum atomic E-state index is -0.0511. The van der Waals surface area contributed by atoms with Crippen molar-refractivity contribution in [2.24, 2.45) is 0 Å². The van der Waals surface area contributed by atoms with Crippen molar-refractivity contribution in [3.05, 3.63) is 29.0 Å². The summed E-state index contributed by atoms with van der Waals surface area (Å²) < 4.78 is 2.02. The maximum atomic E-state index is 9.22. The standard InChI is InChI=1S/C11H13ClN2O/c1-7(2)14-10-4-3-8(12)5-9(10)13-11(14)6-15/h3-5,7,15H,6H2,1-2H3. The quantitative estimate of drug-likeness (QED) is 0.852. The molecule has 2 aromatic rings. The SMILES string of the molecule is CC(C)n1c(CO)nc2cc(Cl)ccc21. The van der Waals surface area contributed by atoms with Gasteiger partial charge in [0.25, 0.3) is 0 Å². The van der Waals surface area contributed by atoms with Crippen molar-refractivity contribution in [2.75, 3.05) is 0 Å². The highest BCUT2D eigenvalue weighted by atomic mass is 35.5. The molecular weight excluding hydrogens is 212 g/mol. The predicted molar refractivity (Wildman–Crippen MR) is 61.1 cm³/mol. The summed E-state index contributed by atoms with van der Waals surface area (Å²) in [5.41, 5.74) is 1.85. The molecule has 0 radical (unpaired) electrons. The van der Waals surface area contributed by atoms with E-state index in [1.54, 1.807) is 0 Å². The molecule has 0 saturated carbocycles. The fourth-order valence-electron chi connectivity index (χ4n) is 1.81. The number of aliphatic hydroxyl groups excluding tert-OH is 1. The number of rotatable bonds is 2. The normalized spacial score (nSPS) is 11.5. The van der Waals surface area contributed by atoms with Gasteiger partial charge in [-0.2, -0.15) is 0 Å². The van der Waals surface area contributed by atoms with E-state index in [9.17, 15) is 5.11 Å². The number of benzene rings is 1. The second-order valence-corrected chi connectivity index (χ2v) is 4.22. The molecule has 0 amide bonds. The zero-order chi connectivity index (χ0) is 11.0. The number of hydrogen-bond acceptors (Lipinski definition) is 2. The van der Waals surface area contributed by atoms with Gasteiger partial charge in [0.15, 0.2) is 0 Å². The third kappa shape index (κ3) is 1.73. The first-order valence-electron chi connectivity index (χ1n) is 4.90. The molecule has 1 aromatic heterocycles. The van der Waals surface area contributed by atoms with Crippen LogP contribution in [0.3, 0.4) is 0 Å². The largest absolute Gasteiger partial charge is 0.388 e. The maximum Gasteiger partial charge on any atom is 0.135 e. The van der Waals surface area contributed by atoms with Crippen LogP contribution < -0.4 is 0 Å². The van der Waals surface area contributed by atoms with Crippen LogP contribution in [0.15, 0.2) is 18.2 Å². The van der Waals surface area contributed by atoms with Gasteiger partial charge in [0.05, 0.1) is 11.0 Å². The van der Waals surface area contributed by atoms with Crippen molar-refractivity contribution in [2.45, 2.75) is 26.5 Å². The third-order valence-electron chi connectivity index (χ3n) is 2.38. The lowest BCUT2D eigenvalue weighted by molar-refractivity contribution is 0.263. The van der Waals surface area contributed by atoms with Gasteiger partial charge >= 0.3 is 0 Å². The summed E-state index contributed by atoms with van der Waals surface area (Å²) in [6.45, 7) is 4.08. The van der Waals surface area contributed by atoms with Crippen molar-refractivity contribution < 1.29 is 5.11 Å². The Balaban J connectivity index is 2.74. The van der Waals surface area contributed by atoms with E-state index in [2.05, 4.69) is 18.8 Å². The molecule has 0 saturated heterocycles. The van der Waals surface area contributed by atoms with Crippen LogP contribution in [0, 0.1) is 0 Å². The molecular formula is C11H13ClN2O. The predicted octanol–water partition coefficient (Wildman–Crippen LogP) is 2.76. The van der Waals surface area contributed by atoms with Gasteiger partial charge in [0, 0.05) is 11.1 Å². The average molecular weight is 225 g/mol. The van der Waals surface area contributed by atoms with Gasteiger partial charge in [-0.1, -0.05) is 11.6 Å². The number of imidazole rings is 1. The van der Waals surface area contributed by atoms with Gasteiger partial charge in [-0.05, 0) is 32.0 Å². The van der Waals surface area contributed by atoms with Crippen LogP contribution in [0.1, 0.15) is 25.7 Å². The highest BCUT2D eigenvalue weighted by molar-refractivity contribution is 6.31. The number of aliphatic hydroxyl groups is 1. The summed E-state index contributed by atoms with van der Waals surface area (Å²) >= 11 is 5.89. The van der Waals surface area contributed by atoms with E-state index in [-0.39, 0.29) is 12.6 Å². The van der Waals surface area contributed by atoms with Crippen LogP contribution in [-0.2, 0) is 6.61 Å². The van der Waals surface area contributed by atoms with Gasteiger partial charge in [-0.25, -0.2) is 4.98 Å². The molecule has 1 aromatic carbocycles. The first-order chi connectivity index (χ1) is 7.13. The number of aromatic nitrogens is 2. The topological polar surface area (TPSA) is 38.0 Å². The second-order valence-electron chi connectivity index (χ2n) is 3.78. The van der Waals surface area contributed by atoms with Crippen molar-refractivity contribution in [1.82, 2.24) is 9.55 Å². The van der Waals surface area contributed by atoms with Crippen LogP contribution in [-0.4, -0.2) is 14.7 Å². The number of fused-ring (bicyclic) bond motifs is 1. The van der Waals surface area contributed by atoms with Gasteiger partial charge < -0.3 is 9.67 Å². The van der Waals surface area contributed by atoms with Gasteiger partial charge in [-0.15, -0.1) is 0 Å². The van der Waals surface area contributed by atoms with E-state index in [4.69, 9.17) is 11.6 Å². The van der Waals surface area contributed by atoms with E-state index >= 15 is 0 Å². The Bertz CT molecular complexity index is 491. The number of hydrogen-bond donors (Lipinski definition) is 1. The second kappa shape index (κ2) is 3.83. The summed E-state index contributed by atoms with van der Waals surface area (Å²) in [7, 11) is 0. The molecule has 0 aliphatic rings. The Labute approximate surface area is 93.3 Å². The first kappa shape index (κ1) is 10.5. The third-order valence-corrected chi connectivity index (χ3v) is 2.62. The monoisotopic (exact) mass is 224 g/mol. The molecule has 0 spiro atoms. The molecule has 1 N–H and O–H groups in total. The summed E-state index contributed by atoms with van der Waals surface area (Å²) in [5.74, 6) is 0.683. The van der Waals surface area contributed by atoms with E-state index < -0.39 is 0 Å². The van der Waals surface area contributed by atoms with Crippen molar-refractivity contribution in [3.8, 4) is 0 Å². The molecule has 2 rings (SSSR count). The Hall–Kier alpha value is -1.06. The molecule has 0 aliphatic carbocycles. The van der Waals surface area contributed by atoms with Crippen LogP contribution in [0.25, 0.3) is 11.0 Å². The fourth-order valence-corrected chi connectivity index (χ4v) is 1.98. The number of nitrogens with zero attached hydrogens (tertiary/aromatic N) is 2. The van der Waals surface area contributed by atoms with Crippen LogP contribution in [0.2, 0.25) is 5.02 Å². The fraction of sp³-hybridized carbons (Fsp3) is 0.364. The number of halogens is 1. The lowest BCUT2D eigenvalue weighted by atomic mass is 10.3. The molecule has 80 valence electrons. The van der Waals surface area contributed by atoms with Crippen molar-refractivity contribution in [3.63, 3.8) is 0 Å². The summed E-state index contributed by atoms with van der Waals surface area (Å²) in [4.78, 5) is 4.34. The molecule has 4 heteroatoms. The van der Waals surface area contributed by atoms with E-state index in [1.165, 1.54) is 0 Å². The smallest absolute Gasteiger partial charge is 0.135 e. The molecule has 1 heterocycles. The van der Waals surface area contributed by atoms with Crippen LogP contribution >= 0.6 is 11.6 Å². The molecule has 0 bridgehead atoms. The minimum absolute atomic E-state index is 0.0511. The van der Waals surface area contributed by atoms with Crippen LogP contribution in [0.5, 0.6) is 0 Å². The van der Waals surface area contributed by atoms with Crippen molar-refractivity contribution in [1.29, 1.82) is 0 Å². The Morgan fingerprint density at radius 3 is 2.80 bits per heavy atom. The Morgan fingerprint density at radius 2 is 2.20 bits per heavy atom. The summed E-state index contributed by atoms with van der Waals surface area (Å²) in [5, 5.41) is 9.89. The lowest BCUT2D eigenvalue weighted by Gasteiger charge is -2.11. The van der Waals surface area contributed by atoms with Gasteiger partial charge in [-0.3, -0.25) is 0 Å². The minimum Gasteiger partial charge on any atom is -0.388 e. The lowest BCUT2D eigenvalue weighted by Crippen LogP contribution is -2.05. The highest BCUT2D eigenvalue weighted by Gasteiger charge is 2.12. The zero-order valence-corrected chi connectivity index (χ0v) is 9.49. The van der Waals surface area contributed by atoms with E-state index in [0.29, 0.717) is 10.8 Å².